The summed E-state index contributed by atoms with van der Waals surface area (Å²) in [6.45, 7) is 4.07. The third-order valence-electron chi connectivity index (χ3n) is 6.72. The van der Waals surface area contributed by atoms with Gasteiger partial charge in [-0.05, 0) is 49.1 Å². The molecule has 0 spiro atoms. The summed E-state index contributed by atoms with van der Waals surface area (Å²) >= 11 is 0. The number of nitrogens with one attached hydrogen (secondary N) is 1. The number of halogens is 1. The molecule has 3 heterocycles. The number of sulfonamides is 1. The topological polar surface area (TPSA) is 65.6 Å². The minimum Gasteiger partial charge on any atom is -0.488 e. The van der Waals surface area contributed by atoms with E-state index in [2.05, 4.69) is 16.0 Å². The second-order valence-corrected chi connectivity index (χ2v) is 11.1. The molecule has 5 rings (SSSR count). The Labute approximate surface area is 194 Å². The van der Waals surface area contributed by atoms with E-state index in [4.69, 9.17) is 4.74 Å². The Bertz CT molecular complexity index is 1240. The minimum atomic E-state index is -3.44. The fourth-order valence-corrected chi connectivity index (χ4v) is 6.60. The molecule has 33 heavy (non-hydrogen) atoms. The number of ether oxygens (including phenoxy) is 1. The lowest BCUT2D eigenvalue weighted by Gasteiger charge is -2.39. The first-order valence-electron chi connectivity index (χ1n) is 11.5. The van der Waals surface area contributed by atoms with Crippen LogP contribution in [-0.4, -0.2) is 67.3 Å². The fraction of sp³-hybridized carbons (Fsp3) is 0.440. The van der Waals surface area contributed by atoms with E-state index in [1.807, 2.05) is 49.4 Å². The molecule has 0 saturated carbocycles. The smallest absolute Gasteiger partial charge is 0.212 e. The number of benzene rings is 2. The van der Waals surface area contributed by atoms with Crippen LogP contribution in [0.15, 0.2) is 48.5 Å². The summed E-state index contributed by atoms with van der Waals surface area (Å²) in [6.07, 6.45) is 2.63. The number of aromatic amines is 1. The predicted molar refractivity (Wildman–Crippen MR) is 128 cm³/mol. The van der Waals surface area contributed by atoms with Crippen molar-refractivity contribution in [3.63, 3.8) is 0 Å². The zero-order valence-corrected chi connectivity index (χ0v) is 19.8. The van der Waals surface area contributed by atoms with E-state index < -0.39 is 16.1 Å². The van der Waals surface area contributed by atoms with Crippen LogP contribution < -0.4 is 4.74 Å². The molecule has 1 N–H and O–H groups in total. The quantitative estimate of drug-likeness (QED) is 0.568. The van der Waals surface area contributed by atoms with Crippen molar-refractivity contribution in [3.8, 4) is 5.75 Å². The van der Waals surface area contributed by atoms with Gasteiger partial charge in [0.1, 0.15) is 11.9 Å². The standard InChI is InChI=1S/C25H30FN3O3S/c1-17-14-22-21-6-3-4-7-23(21)27-24(22)25(29(17)33(2,30)31)18-8-10-19(11-9-18)32-20-15-28(16-20)13-5-12-26/h3-4,6-11,17,20,25,27H,5,12-16H2,1-2H3/t17-,25-/m1/s1. The van der Waals surface area contributed by atoms with Gasteiger partial charge < -0.3 is 9.72 Å². The maximum absolute atomic E-state index is 12.8. The third-order valence-corrected chi connectivity index (χ3v) is 8.06. The maximum atomic E-state index is 12.8. The van der Waals surface area contributed by atoms with E-state index in [9.17, 15) is 12.8 Å². The normalized spacial score (nSPS) is 22.3. The number of likely N-dealkylation sites (tertiary alicyclic amines) is 1. The Morgan fingerprint density at radius 2 is 1.85 bits per heavy atom. The van der Waals surface area contributed by atoms with Crippen LogP contribution in [0, 0.1) is 0 Å². The van der Waals surface area contributed by atoms with Gasteiger partial charge in [0.05, 0.1) is 19.0 Å². The second kappa shape index (κ2) is 8.74. The van der Waals surface area contributed by atoms with Crippen LogP contribution in [0.2, 0.25) is 0 Å². The second-order valence-electron chi connectivity index (χ2n) is 9.22. The molecule has 1 aromatic heterocycles. The number of alkyl halides is 1. The highest BCUT2D eigenvalue weighted by Gasteiger charge is 2.40. The van der Waals surface area contributed by atoms with Crippen molar-refractivity contribution in [2.75, 3.05) is 32.6 Å². The van der Waals surface area contributed by atoms with E-state index in [1.165, 1.54) is 11.8 Å². The van der Waals surface area contributed by atoms with Crippen molar-refractivity contribution in [1.29, 1.82) is 0 Å². The predicted octanol–water partition coefficient (Wildman–Crippen LogP) is 3.89. The van der Waals surface area contributed by atoms with Gasteiger partial charge in [-0.15, -0.1) is 0 Å². The molecule has 2 aliphatic rings. The SMILES string of the molecule is C[C@@H]1Cc2c([nH]c3ccccc23)[C@@H](c2ccc(OC3CN(CCCF)C3)cc2)N1S(C)(=O)=O. The molecule has 0 aliphatic carbocycles. The maximum Gasteiger partial charge on any atom is 0.212 e. The number of hydrogen-bond donors (Lipinski definition) is 1. The molecule has 2 aliphatic heterocycles. The Balaban J connectivity index is 1.43. The van der Waals surface area contributed by atoms with E-state index in [-0.39, 0.29) is 18.8 Å². The molecule has 8 heteroatoms. The van der Waals surface area contributed by atoms with E-state index in [0.29, 0.717) is 12.8 Å². The first-order valence-corrected chi connectivity index (χ1v) is 13.3. The summed E-state index contributed by atoms with van der Waals surface area (Å²) in [4.78, 5) is 5.69. The summed E-state index contributed by atoms with van der Waals surface area (Å²) in [5.41, 5.74) is 4.06. The van der Waals surface area contributed by atoms with Gasteiger partial charge in [0.25, 0.3) is 0 Å². The van der Waals surface area contributed by atoms with Crippen molar-refractivity contribution >= 4 is 20.9 Å². The molecule has 0 unspecified atom stereocenters. The molecule has 6 nitrogen and oxygen atoms in total. The molecular weight excluding hydrogens is 441 g/mol. The molecular formula is C25H30FN3O3S. The molecule has 0 radical (unpaired) electrons. The highest BCUT2D eigenvalue weighted by molar-refractivity contribution is 7.88. The highest BCUT2D eigenvalue weighted by atomic mass is 32.2. The van der Waals surface area contributed by atoms with E-state index in [1.54, 1.807) is 4.31 Å². The highest BCUT2D eigenvalue weighted by Crippen LogP contribution is 2.42. The molecule has 0 bridgehead atoms. The largest absolute Gasteiger partial charge is 0.488 e. The van der Waals surface area contributed by atoms with Gasteiger partial charge in [0.15, 0.2) is 0 Å². The van der Waals surface area contributed by atoms with Gasteiger partial charge in [0.2, 0.25) is 10.0 Å². The van der Waals surface area contributed by atoms with Gasteiger partial charge >= 0.3 is 0 Å². The molecule has 1 saturated heterocycles. The number of para-hydroxylation sites is 1. The summed E-state index contributed by atoms with van der Waals surface area (Å²) in [5.74, 6) is 0.764. The van der Waals surface area contributed by atoms with Crippen molar-refractivity contribution in [2.45, 2.75) is 38.0 Å². The Morgan fingerprint density at radius 1 is 1.12 bits per heavy atom. The zero-order chi connectivity index (χ0) is 23.2. The van der Waals surface area contributed by atoms with Crippen molar-refractivity contribution in [3.05, 3.63) is 65.4 Å². The van der Waals surface area contributed by atoms with Gasteiger partial charge in [-0.25, -0.2) is 8.42 Å². The first kappa shape index (κ1) is 22.4. The number of rotatable bonds is 7. The lowest BCUT2D eigenvalue weighted by molar-refractivity contribution is 0.0184. The van der Waals surface area contributed by atoms with E-state index >= 15 is 0 Å². The summed E-state index contributed by atoms with van der Waals surface area (Å²) in [5, 5.41) is 1.15. The summed E-state index contributed by atoms with van der Waals surface area (Å²) in [7, 11) is -3.44. The first-order chi connectivity index (χ1) is 15.8. The Hall–Kier alpha value is -2.42. The lowest BCUT2D eigenvalue weighted by atomic mass is 9.91. The van der Waals surface area contributed by atoms with Crippen LogP contribution in [0.5, 0.6) is 5.75 Å². The molecule has 176 valence electrons. The van der Waals surface area contributed by atoms with Crippen LogP contribution >= 0.6 is 0 Å². The van der Waals surface area contributed by atoms with Crippen LogP contribution in [0.1, 0.15) is 36.2 Å². The van der Waals surface area contributed by atoms with Crippen LogP contribution in [-0.2, 0) is 16.4 Å². The van der Waals surface area contributed by atoms with Crippen molar-refractivity contribution in [1.82, 2.24) is 14.2 Å². The molecule has 2 aromatic carbocycles. The lowest BCUT2D eigenvalue weighted by Crippen LogP contribution is -2.53. The van der Waals surface area contributed by atoms with Gasteiger partial charge in [-0.1, -0.05) is 30.3 Å². The Morgan fingerprint density at radius 3 is 2.55 bits per heavy atom. The minimum absolute atomic E-state index is 0.109. The zero-order valence-electron chi connectivity index (χ0n) is 19.0. The van der Waals surface area contributed by atoms with Crippen LogP contribution in [0.4, 0.5) is 4.39 Å². The number of hydrogen-bond acceptors (Lipinski definition) is 4. The van der Waals surface area contributed by atoms with Crippen LogP contribution in [0.3, 0.4) is 0 Å². The summed E-state index contributed by atoms with van der Waals surface area (Å²) < 4.78 is 45.7. The fourth-order valence-electron chi connectivity index (χ4n) is 5.26. The molecule has 1 fully saturated rings. The Kier molecular flexibility index (Phi) is 5.93. The monoisotopic (exact) mass is 471 g/mol. The number of fused-ring (bicyclic) bond motifs is 3. The van der Waals surface area contributed by atoms with E-state index in [0.717, 1.165) is 47.5 Å². The van der Waals surface area contributed by atoms with Gasteiger partial charge in [-0.3, -0.25) is 9.29 Å². The van der Waals surface area contributed by atoms with Crippen LogP contribution in [0.25, 0.3) is 10.9 Å². The summed E-state index contributed by atoms with van der Waals surface area (Å²) in [6, 6.07) is 15.3. The third kappa shape index (κ3) is 4.27. The average molecular weight is 472 g/mol. The van der Waals surface area contributed by atoms with Crippen molar-refractivity contribution < 1.29 is 17.5 Å². The van der Waals surface area contributed by atoms with Crippen molar-refractivity contribution in [2.24, 2.45) is 0 Å². The number of H-pyrrole nitrogens is 1. The number of aromatic nitrogens is 1. The molecule has 3 aromatic rings. The molecule has 2 atom stereocenters. The van der Waals surface area contributed by atoms with Gasteiger partial charge in [0, 0.05) is 42.3 Å². The molecule has 0 amide bonds. The average Bonchev–Trinajstić information content (AvgIpc) is 3.12. The number of nitrogens with zero attached hydrogens (tertiary/aromatic N) is 2. The van der Waals surface area contributed by atoms with Gasteiger partial charge in [-0.2, -0.15) is 4.31 Å².